The molecular formula is C28H22N2O4. The fourth-order valence-corrected chi connectivity index (χ4v) is 4.33. The van der Waals surface area contributed by atoms with E-state index in [0.717, 1.165) is 16.7 Å². The van der Waals surface area contributed by atoms with Crippen molar-refractivity contribution in [3.63, 3.8) is 0 Å². The molecule has 6 heteroatoms. The van der Waals surface area contributed by atoms with Crippen LogP contribution < -0.4 is 4.90 Å². The summed E-state index contributed by atoms with van der Waals surface area (Å²) in [5.74, 6) is -1.25. The Hall–Kier alpha value is -4.58. The molecule has 0 aliphatic carbocycles. The number of nitrogens with zero attached hydrogens (tertiary/aromatic N) is 2. The third-order valence-electron chi connectivity index (χ3n) is 5.86. The minimum absolute atomic E-state index is 0.0870. The molecule has 1 aliphatic rings. The van der Waals surface area contributed by atoms with E-state index in [0.29, 0.717) is 5.69 Å². The first-order valence-corrected chi connectivity index (χ1v) is 10.8. The first kappa shape index (κ1) is 21.3. The summed E-state index contributed by atoms with van der Waals surface area (Å²) in [6, 6.07) is 24.4. The SMILES string of the molecule is COC(=O)C1=C(C(=O)OC)N(c2ccc(-n3c4ccccc4c4ccccc43)cc2)C=CC=C1. The smallest absolute Gasteiger partial charge is 0.355 e. The van der Waals surface area contributed by atoms with Gasteiger partial charge in [0, 0.05) is 28.3 Å². The molecule has 0 unspecified atom stereocenters. The zero-order valence-corrected chi connectivity index (χ0v) is 18.8. The summed E-state index contributed by atoms with van der Waals surface area (Å²) in [6.45, 7) is 0. The van der Waals surface area contributed by atoms with Crippen LogP contribution in [0.4, 0.5) is 5.69 Å². The van der Waals surface area contributed by atoms with Crippen molar-refractivity contribution in [2.24, 2.45) is 0 Å². The number of para-hydroxylation sites is 2. The number of allylic oxidation sites excluding steroid dienone is 2. The lowest BCUT2D eigenvalue weighted by Gasteiger charge is -2.23. The molecule has 0 atom stereocenters. The summed E-state index contributed by atoms with van der Waals surface area (Å²) in [5, 5.41) is 2.37. The number of carbonyl (C=O) groups is 2. The summed E-state index contributed by atoms with van der Waals surface area (Å²) in [4.78, 5) is 26.7. The molecule has 0 spiro atoms. The second-order valence-electron chi connectivity index (χ2n) is 7.70. The van der Waals surface area contributed by atoms with Gasteiger partial charge in [-0.05, 0) is 48.6 Å². The number of rotatable bonds is 4. The van der Waals surface area contributed by atoms with Crippen LogP contribution in [0.25, 0.3) is 27.5 Å². The lowest BCUT2D eigenvalue weighted by atomic mass is 10.1. The van der Waals surface area contributed by atoms with Crippen molar-refractivity contribution in [1.82, 2.24) is 4.57 Å². The highest BCUT2D eigenvalue weighted by molar-refractivity contribution is 6.09. The van der Waals surface area contributed by atoms with Crippen LogP contribution in [0.3, 0.4) is 0 Å². The van der Waals surface area contributed by atoms with Gasteiger partial charge in [0.2, 0.25) is 0 Å². The normalized spacial score (nSPS) is 13.4. The van der Waals surface area contributed by atoms with Gasteiger partial charge in [0.05, 0.1) is 30.8 Å². The number of esters is 2. The Morgan fingerprint density at radius 1 is 0.676 bits per heavy atom. The van der Waals surface area contributed by atoms with Gasteiger partial charge in [0.1, 0.15) is 5.70 Å². The van der Waals surface area contributed by atoms with Crippen molar-refractivity contribution < 1.29 is 19.1 Å². The topological polar surface area (TPSA) is 60.8 Å². The van der Waals surface area contributed by atoms with Gasteiger partial charge in [-0.3, -0.25) is 0 Å². The zero-order valence-electron chi connectivity index (χ0n) is 18.8. The van der Waals surface area contributed by atoms with Crippen molar-refractivity contribution in [2.45, 2.75) is 0 Å². The Balaban J connectivity index is 1.64. The van der Waals surface area contributed by atoms with Gasteiger partial charge in [-0.15, -0.1) is 0 Å². The van der Waals surface area contributed by atoms with E-state index in [9.17, 15) is 9.59 Å². The second kappa shape index (κ2) is 8.75. The predicted octanol–water partition coefficient (Wildman–Crippen LogP) is 5.27. The molecule has 0 saturated heterocycles. The summed E-state index contributed by atoms with van der Waals surface area (Å²) in [6.07, 6.45) is 6.69. The lowest BCUT2D eigenvalue weighted by molar-refractivity contribution is -0.139. The molecule has 3 aromatic carbocycles. The molecule has 168 valence electrons. The van der Waals surface area contributed by atoms with Crippen LogP contribution in [0.2, 0.25) is 0 Å². The Kier molecular flexibility index (Phi) is 5.47. The van der Waals surface area contributed by atoms with E-state index in [1.807, 2.05) is 48.5 Å². The van der Waals surface area contributed by atoms with Gasteiger partial charge in [-0.2, -0.15) is 0 Å². The molecule has 2 heterocycles. The van der Waals surface area contributed by atoms with Gasteiger partial charge in [-0.25, -0.2) is 9.59 Å². The number of benzene rings is 3. The Morgan fingerprint density at radius 2 is 1.24 bits per heavy atom. The summed E-state index contributed by atoms with van der Waals surface area (Å²) in [7, 11) is 2.56. The molecule has 6 nitrogen and oxygen atoms in total. The maximum atomic E-state index is 12.7. The summed E-state index contributed by atoms with van der Waals surface area (Å²) >= 11 is 0. The molecule has 0 amide bonds. The number of hydrogen-bond donors (Lipinski definition) is 0. The van der Waals surface area contributed by atoms with Crippen molar-refractivity contribution >= 4 is 39.4 Å². The molecule has 0 radical (unpaired) electrons. The largest absolute Gasteiger partial charge is 0.465 e. The van der Waals surface area contributed by atoms with E-state index < -0.39 is 11.9 Å². The molecule has 5 rings (SSSR count). The number of fused-ring (bicyclic) bond motifs is 3. The minimum atomic E-state index is -0.636. The number of aromatic nitrogens is 1. The number of methoxy groups -OCH3 is 2. The average Bonchev–Trinajstić information content (AvgIpc) is 3.06. The monoisotopic (exact) mass is 450 g/mol. The maximum Gasteiger partial charge on any atom is 0.355 e. The first-order valence-electron chi connectivity index (χ1n) is 10.8. The zero-order chi connectivity index (χ0) is 23.7. The van der Waals surface area contributed by atoms with Crippen LogP contribution in [0.15, 0.2) is 108 Å². The third-order valence-corrected chi connectivity index (χ3v) is 5.86. The maximum absolute atomic E-state index is 12.7. The first-order chi connectivity index (χ1) is 16.6. The standard InChI is InChI=1S/C28H22N2O4/c1-33-27(31)23-11-7-8-18-29(26(23)28(32)34-2)19-14-16-20(17-15-19)30-24-12-5-3-9-21(24)22-10-4-6-13-25(22)30/h3-18H,1-2H3. The molecule has 0 fully saturated rings. The number of carbonyl (C=O) groups excluding carboxylic acids is 2. The number of ether oxygens (including phenoxy) is 2. The van der Waals surface area contributed by atoms with Crippen molar-refractivity contribution in [1.29, 1.82) is 0 Å². The molecule has 34 heavy (non-hydrogen) atoms. The van der Waals surface area contributed by atoms with Gasteiger partial charge >= 0.3 is 11.9 Å². The quantitative estimate of drug-likeness (QED) is 0.396. The predicted molar refractivity (Wildman–Crippen MR) is 133 cm³/mol. The molecule has 1 aromatic heterocycles. The third kappa shape index (κ3) is 3.46. The molecule has 1 aliphatic heterocycles. The lowest BCUT2D eigenvalue weighted by Crippen LogP contribution is -2.26. The molecular weight excluding hydrogens is 428 g/mol. The molecule has 0 saturated carbocycles. The fourth-order valence-electron chi connectivity index (χ4n) is 4.33. The number of hydrogen-bond acceptors (Lipinski definition) is 5. The van der Waals surface area contributed by atoms with Gasteiger partial charge in [0.25, 0.3) is 0 Å². The van der Waals surface area contributed by atoms with Crippen LogP contribution >= 0.6 is 0 Å². The van der Waals surface area contributed by atoms with Gasteiger partial charge in [-0.1, -0.05) is 42.5 Å². The average molecular weight is 450 g/mol. The van der Waals surface area contributed by atoms with E-state index >= 15 is 0 Å². The highest BCUT2D eigenvalue weighted by atomic mass is 16.5. The van der Waals surface area contributed by atoms with Crippen LogP contribution in [0.1, 0.15) is 0 Å². The van der Waals surface area contributed by atoms with Crippen molar-refractivity contribution in [3.8, 4) is 5.69 Å². The van der Waals surface area contributed by atoms with Crippen LogP contribution in [-0.2, 0) is 19.1 Å². The van der Waals surface area contributed by atoms with Crippen LogP contribution in [0.5, 0.6) is 0 Å². The van der Waals surface area contributed by atoms with Crippen molar-refractivity contribution in [2.75, 3.05) is 19.1 Å². The summed E-state index contributed by atoms with van der Waals surface area (Å²) < 4.78 is 12.1. The minimum Gasteiger partial charge on any atom is -0.465 e. The van der Waals surface area contributed by atoms with Crippen LogP contribution in [0, 0.1) is 0 Å². The van der Waals surface area contributed by atoms with Crippen LogP contribution in [-0.4, -0.2) is 30.7 Å². The number of anilines is 1. The van der Waals surface area contributed by atoms with E-state index in [1.54, 1.807) is 29.3 Å². The van der Waals surface area contributed by atoms with Gasteiger partial charge < -0.3 is 18.9 Å². The van der Waals surface area contributed by atoms with E-state index in [1.165, 1.54) is 25.0 Å². The van der Waals surface area contributed by atoms with Gasteiger partial charge in [0.15, 0.2) is 0 Å². The Bertz CT molecular complexity index is 1450. The Labute approximate surface area is 196 Å². The molecule has 0 bridgehead atoms. The highest BCUT2D eigenvalue weighted by Gasteiger charge is 2.27. The molecule has 4 aromatic rings. The van der Waals surface area contributed by atoms with E-state index in [4.69, 9.17) is 9.47 Å². The van der Waals surface area contributed by atoms with E-state index in [-0.39, 0.29) is 11.3 Å². The summed E-state index contributed by atoms with van der Waals surface area (Å²) in [5.41, 5.74) is 4.10. The highest BCUT2D eigenvalue weighted by Crippen LogP contribution is 2.33. The second-order valence-corrected chi connectivity index (χ2v) is 7.70. The van der Waals surface area contributed by atoms with Crippen molar-refractivity contribution in [3.05, 3.63) is 108 Å². The fraction of sp³-hybridized carbons (Fsp3) is 0.0714. The van der Waals surface area contributed by atoms with E-state index in [2.05, 4.69) is 28.8 Å². The Morgan fingerprint density at radius 3 is 1.82 bits per heavy atom. The molecule has 0 N–H and O–H groups in total.